The van der Waals surface area contributed by atoms with Gasteiger partial charge in [0.1, 0.15) is 28.6 Å². The van der Waals surface area contributed by atoms with Crippen LogP contribution in [0.2, 0.25) is 10.2 Å². The number of carbonyl (C=O) groups is 2. The third-order valence-corrected chi connectivity index (χ3v) is 6.90. The van der Waals surface area contributed by atoms with Crippen molar-refractivity contribution in [1.29, 1.82) is 0 Å². The number of anilines is 1. The number of nitrogens with zero attached hydrogens (tertiary/aromatic N) is 4. The van der Waals surface area contributed by atoms with Gasteiger partial charge in [0, 0.05) is 31.7 Å². The van der Waals surface area contributed by atoms with E-state index in [4.69, 9.17) is 32.7 Å². The molecule has 3 aliphatic rings. The van der Waals surface area contributed by atoms with Crippen molar-refractivity contribution < 1.29 is 24.2 Å². The van der Waals surface area contributed by atoms with Crippen molar-refractivity contribution in [3.05, 3.63) is 15.7 Å². The van der Waals surface area contributed by atoms with Crippen molar-refractivity contribution in [2.24, 2.45) is 0 Å². The highest BCUT2D eigenvalue weighted by atomic mass is 35.5. The summed E-state index contributed by atoms with van der Waals surface area (Å²) in [6, 6.07) is -0.383. The molecule has 0 radical (unpaired) electrons. The van der Waals surface area contributed by atoms with Crippen molar-refractivity contribution in [1.82, 2.24) is 14.8 Å². The highest BCUT2D eigenvalue weighted by molar-refractivity contribution is 6.42. The smallest absolute Gasteiger partial charge is 0.410 e. The van der Waals surface area contributed by atoms with Gasteiger partial charge in [-0.2, -0.15) is 0 Å². The maximum atomic E-state index is 13.8. The Kier molecular flexibility index (Phi) is 6.12. The van der Waals surface area contributed by atoms with Gasteiger partial charge < -0.3 is 29.3 Å². The van der Waals surface area contributed by atoms with Crippen LogP contribution in [0.15, 0.2) is 0 Å². The van der Waals surface area contributed by atoms with E-state index in [0.29, 0.717) is 31.9 Å². The summed E-state index contributed by atoms with van der Waals surface area (Å²) < 4.78 is 11.5. The molecule has 0 bridgehead atoms. The molecule has 9 nitrogen and oxygen atoms in total. The standard InChI is InChI=1S/C22H30Cl2N4O5/c1-21(2,3)33-20(31)26-6-7-27-12(9-26)11-32-16-14(19(27)30)18(25-17(24)15(16)23)28-10-13(29)8-22(28,4)5/h12-13,29H,6-11H2,1-5H3/t12-,13?/m1/s1. The number of hydrogen-bond acceptors (Lipinski definition) is 7. The van der Waals surface area contributed by atoms with Gasteiger partial charge in [0.05, 0.1) is 12.1 Å². The van der Waals surface area contributed by atoms with Crippen LogP contribution < -0.4 is 9.64 Å². The first-order valence-electron chi connectivity index (χ1n) is 11.0. The monoisotopic (exact) mass is 500 g/mol. The maximum absolute atomic E-state index is 13.8. The van der Waals surface area contributed by atoms with E-state index in [2.05, 4.69) is 4.98 Å². The Morgan fingerprint density at radius 3 is 2.55 bits per heavy atom. The van der Waals surface area contributed by atoms with Crippen LogP contribution in [0.5, 0.6) is 5.75 Å². The van der Waals surface area contributed by atoms with E-state index in [0.717, 1.165) is 0 Å². The first-order chi connectivity index (χ1) is 15.3. The summed E-state index contributed by atoms with van der Waals surface area (Å²) in [5, 5.41) is 10.4. The van der Waals surface area contributed by atoms with Crippen LogP contribution in [-0.4, -0.2) is 88.0 Å². The van der Waals surface area contributed by atoms with Crippen molar-refractivity contribution in [3.63, 3.8) is 0 Å². The van der Waals surface area contributed by atoms with E-state index in [1.54, 1.807) is 9.80 Å². The molecular formula is C22H30Cl2N4O5. The van der Waals surface area contributed by atoms with Gasteiger partial charge in [-0.3, -0.25) is 4.79 Å². The fourth-order valence-electron chi connectivity index (χ4n) is 4.69. The number of aromatic nitrogens is 1. The van der Waals surface area contributed by atoms with E-state index in [9.17, 15) is 14.7 Å². The third kappa shape index (κ3) is 4.55. The average molecular weight is 501 g/mol. The molecule has 1 aromatic rings. The van der Waals surface area contributed by atoms with Gasteiger partial charge >= 0.3 is 6.09 Å². The van der Waals surface area contributed by atoms with Gasteiger partial charge in [-0.15, -0.1) is 0 Å². The van der Waals surface area contributed by atoms with Crippen molar-refractivity contribution >= 4 is 41.0 Å². The fraction of sp³-hybridized carbons (Fsp3) is 0.682. The molecule has 2 fully saturated rings. The number of ether oxygens (including phenoxy) is 2. The average Bonchev–Trinajstić information content (AvgIpc) is 2.89. The number of β-amino-alcohol motifs (C(OH)–C–C–N with tert-alkyl or cyclic N) is 1. The summed E-state index contributed by atoms with van der Waals surface area (Å²) in [5.74, 6) is 0.253. The SMILES string of the molecule is CC(C)(C)OC(=O)N1CCN2C(=O)c3c(N4CC(O)CC4(C)C)nc(Cl)c(Cl)c3OC[C@H]2C1. The molecule has 4 rings (SSSR count). The van der Waals surface area contributed by atoms with Crippen LogP contribution >= 0.6 is 23.2 Å². The second-order valence-electron chi connectivity index (χ2n) is 10.4. The van der Waals surface area contributed by atoms with Crippen molar-refractivity contribution in [2.75, 3.05) is 37.7 Å². The molecule has 0 spiro atoms. The number of fused-ring (bicyclic) bond motifs is 2. The molecule has 182 valence electrons. The van der Waals surface area contributed by atoms with Gasteiger partial charge in [0.25, 0.3) is 5.91 Å². The van der Waals surface area contributed by atoms with Gasteiger partial charge in [0.15, 0.2) is 10.9 Å². The topological polar surface area (TPSA) is 95.4 Å². The zero-order chi connectivity index (χ0) is 24.3. The van der Waals surface area contributed by atoms with Crippen LogP contribution in [0.3, 0.4) is 0 Å². The minimum atomic E-state index is -0.613. The van der Waals surface area contributed by atoms with Crippen molar-refractivity contribution in [2.45, 2.75) is 64.3 Å². The molecule has 2 atom stereocenters. The predicted octanol–water partition coefficient (Wildman–Crippen LogP) is 3.19. The highest BCUT2D eigenvalue weighted by Gasteiger charge is 2.45. The van der Waals surface area contributed by atoms with Crippen LogP contribution in [-0.2, 0) is 4.74 Å². The predicted molar refractivity (Wildman–Crippen MR) is 124 cm³/mol. The lowest BCUT2D eigenvalue weighted by molar-refractivity contribution is 0.000952. The Hall–Kier alpha value is -1.97. The first-order valence-corrected chi connectivity index (χ1v) is 11.8. The molecule has 2 amide bonds. The van der Waals surface area contributed by atoms with E-state index >= 15 is 0 Å². The summed E-state index contributed by atoms with van der Waals surface area (Å²) in [6.07, 6.45) is -0.456. The Bertz CT molecular complexity index is 981. The zero-order valence-electron chi connectivity index (χ0n) is 19.5. The molecule has 0 aliphatic carbocycles. The number of hydrogen-bond donors (Lipinski definition) is 1. The Balaban J connectivity index is 1.68. The van der Waals surface area contributed by atoms with E-state index in [1.165, 1.54) is 0 Å². The molecule has 11 heteroatoms. The van der Waals surface area contributed by atoms with E-state index in [-0.39, 0.29) is 46.6 Å². The molecule has 1 N–H and O–H groups in total. The summed E-state index contributed by atoms with van der Waals surface area (Å²) >= 11 is 12.8. The van der Waals surface area contributed by atoms with Crippen LogP contribution in [0.1, 0.15) is 51.4 Å². The Labute approximate surface area is 203 Å². The number of aliphatic hydroxyl groups is 1. The normalized spacial score (nSPS) is 24.7. The maximum Gasteiger partial charge on any atom is 0.410 e. The number of piperazine rings is 1. The molecule has 2 saturated heterocycles. The van der Waals surface area contributed by atoms with Gasteiger partial charge in [-0.05, 0) is 41.0 Å². The number of aliphatic hydroxyl groups excluding tert-OH is 1. The van der Waals surface area contributed by atoms with Gasteiger partial charge in [-0.25, -0.2) is 9.78 Å². The quantitative estimate of drug-likeness (QED) is 0.591. The third-order valence-electron chi connectivity index (χ3n) is 6.18. The van der Waals surface area contributed by atoms with E-state index < -0.39 is 23.3 Å². The lowest BCUT2D eigenvalue weighted by atomic mass is 10.0. The summed E-state index contributed by atoms with van der Waals surface area (Å²) in [4.78, 5) is 36.0. The molecule has 0 saturated carbocycles. The van der Waals surface area contributed by atoms with Crippen LogP contribution in [0.4, 0.5) is 10.6 Å². The van der Waals surface area contributed by atoms with Crippen LogP contribution in [0, 0.1) is 0 Å². The number of pyridine rings is 1. The molecular weight excluding hydrogens is 471 g/mol. The lowest BCUT2D eigenvalue weighted by Crippen LogP contribution is -2.58. The highest BCUT2D eigenvalue weighted by Crippen LogP contribution is 2.45. The molecule has 33 heavy (non-hydrogen) atoms. The molecule has 1 aromatic heterocycles. The Morgan fingerprint density at radius 2 is 1.94 bits per heavy atom. The lowest BCUT2D eigenvalue weighted by Gasteiger charge is -2.40. The number of amides is 2. The fourth-order valence-corrected chi connectivity index (χ4v) is 5.05. The second kappa shape index (κ2) is 8.36. The minimum absolute atomic E-state index is 0.0330. The van der Waals surface area contributed by atoms with Gasteiger partial charge in [-0.1, -0.05) is 23.2 Å². The second-order valence-corrected chi connectivity index (χ2v) is 11.2. The minimum Gasteiger partial charge on any atom is -0.489 e. The number of carbonyl (C=O) groups excluding carboxylic acids is 2. The summed E-state index contributed by atoms with van der Waals surface area (Å²) in [5.41, 5.74) is -0.823. The van der Waals surface area contributed by atoms with Crippen LogP contribution in [0.25, 0.3) is 0 Å². The summed E-state index contributed by atoms with van der Waals surface area (Å²) in [6.45, 7) is 10.8. The number of rotatable bonds is 1. The van der Waals surface area contributed by atoms with E-state index in [1.807, 2.05) is 39.5 Å². The summed E-state index contributed by atoms with van der Waals surface area (Å²) in [7, 11) is 0. The molecule has 1 unspecified atom stereocenters. The molecule has 3 aliphatic heterocycles. The zero-order valence-corrected chi connectivity index (χ0v) is 21.0. The largest absolute Gasteiger partial charge is 0.489 e. The van der Waals surface area contributed by atoms with Crippen molar-refractivity contribution in [3.8, 4) is 5.75 Å². The number of halogens is 2. The van der Waals surface area contributed by atoms with Gasteiger partial charge in [0.2, 0.25) is 0 Å². The molecule has 4 heterocycles. The molecule has 0 aromatic carbocycles. The Morgan fingerprint density at radius 1 is 1.24 bits per heavy atom. The first kappa shape index (κ1) is 24.2.